The summed E-state index contributed by atoms with van der Waals surface area (Å²) < 4.78 is 5.12. The summed E-state index contributed by atoms with van der Waals surface area (Å²) in [7, 11) is 1.52. The normalized spacial score (nSPS) is 11.5. The maximum Gasteiger partial charge on any atom is 0.160 e. The first-order chi connectivity index (χ1) is 10.1. The standard InChI is InChI=1S/C17H18N2O2/c1-11-5-4-6-15(14(11)10-18)19-12(2)13-7-8-16(20)17(9-13)21-3/h4-9,12,19-20H,1-3H3. The molecule has 0 heterocycles. The number of hydrogen-bond donors (Lipinski definition) is 2. The van der Waals surface area contributed by atoms with Crippen molar-refractivity contribution in [3.8, 4) is 17.6 Å². The number of ether oxygens (including phenoxy) is 1. The fraction of sp³-hybridized carbons (Fsp3) is 0.235. The highest BCUT2D eigenvalue weighted by atomic mass is 16.5. The van der Waals surface area contributed by atoms with E-state index in [1.807, 2.05) is 38.1 Å². The molecule has 0 saturated heterocycles. The maximum atomic E-state index is 9.64. The molecule has 21 heavy (non-hydrogen) atoms. The quantitative estimate of drug-likeness (QED) is 0.896. The average Bonchev–Trinajstić information content (AvgIpc) is 2.48. The van der Waals surface area contributed by atoms with Gasteiger partial charge in [0, 0.05) is 6.04 Å². The molecule has 0 aliphatic heterocycles. The topological polar surface area (TPSA) is 65.3 Å². The summed E-state index contributed by atoms with van der Waals surface area (Å²) >= 11 is 0. The second-order valence-electron chi connectivity index (χ2n) is 4.91. The zero-order valence-corrected chi connectivity index (χ0v) is 12.3. The third-order valence-electron chi connectivity index (χ3n) is 3.46. The largest absolute Gasteiger partial charge is 0.504 e. The Morgan fingerprint density at radius 1 is 1.29 bits per heavy atom. The van der Waals surface area contributed by atoms with E-state index in [2.05, 4.69) is 11.4 Å². The van der Waals surface area contributed by atoms with E-state index in [4.69, 9.17) is 4.74 Å². The van der Waals surface area contributed by atoms with E-state index >= 15 is 0 Å². The first-order valence-corrected chi connectivity index (χ1v) is 6.70. The summed E-state index contributed by atoms with van der Waals surface area (Å²) in [5, 5.41) is 22.2. The summed E-state index contributed by atoms with van der Waals surface area (Å²) in [5.74, 6) is 0.549. The van der Waals surface area contributed by atoms with Gasteiger partial charge in [0.05, 0.1) is 18.4 Å². The number of nitrogens with one attached hydrogen (secondary N) is 1. The Bertz CT molecular complexity index is 690. The van der Waals surface area contributed by atoms with Crippen LogP contribution in [0.3, 0.4) is 0 Å². The molecule has 4 heteroatoms. The molecule has 0 spiro atoms. The lowest BCUT2D eigenvalue weighted by Crippen LogP contribution is -2.08. The van der Waals surface area contributed by atoms with Crippen LogP contribution in [0.1, 0.15) is 29.7 Å². The number of anilines is 1. The lowest BCUT2D eigenvalue weighted by atomic mass is 10.0. The molecule has 0 amide bonds. The Morgan fingerprint density at radius 3 is 2.71 bits per heavy atom. The van der Waals surface area contributed by atoms with Gasteiger partial charge in [0.25, 0.3) is 0 Å². The van der Waals surface area contributed by atoms with Crippen molar-refractivity contribution in [3.63, 3.8) is 0 Å². The molecule has 0 aliphatic rings. The van der Waals surface area contributed by atoms with E-state index < -0.39 is 0 Å². The van der Waals surface area contributed by atoms with Gasteiger partial charge in [0.2, 0.25) is 0 Å². The molecule has 108 valence electrons. The molecule has 2 aromatic carbocycles. The highest BCUT2D eigenvalue weighted by Gasteiger charge is 2.12. The first kappa shape index (κ1) is 14.7. The van der Waals surface area contributed by atoms with Gasteiger partial charge in [-0.3, -0.25) is 0 Å². The van der Waals surface area contributed by atoms with Gasteiger partial charge in [-0.1, -0.05) is 18.2 Å². The molecule has 0 radical (unpaired) electrons. The number of phenols is 1. The number of nitrogens with zero attached hydrogens (tertiary/aromatic N) is 1. The second-order valence-corrected chi connectivity index (χ2v) is 4.91. The fourth-order valence-corrected chi connectivity index (χ4v) is 2.22. The average molecular weight is 282 g/mol. The van der Waals surface area contributed by atoms with Crippen molar-refractivity contribution in [1.82, 2.24) is 0 Å². The van der Waals surface area contributed by atoms with E-state index in [-0.39, 0.29) is 11.8 Å². The van der Waals surface area contributed by atoms with Crippen LogP contribution in [-0.2, 0) is 0 Å². The lowest BCUT2D eigenvalue weighted by molar-refractivity contribution is 0.373. The molecule has 0 fully saturated rings. The van der Waals surface area contributed by atoms with E-state index in [1.165, 1.54) is 7.11 Å². The summed E-state index contributed by atoms with van der Waals surface area (Å²) in [4.78, 5) is 0. The maximum absolute atomic E-state index is 9.64. The van der Waals surface area contributed by atoms with Crippen molar-refractivity contribution in [2.75, 3.05) is 12.4 Å². The molecule has 1 unspecified atom stereocenters. The summed E-state index contributed by atoms with van der Waals surface area (Å²) in [6.07, 6.45) is 0. The van der Waals surface area contributed by atoms with Crippen molar-refractivity contribution < 1.29 is 9.84 Å². The molecule has 1 atom stereocenters. The van der Waals surface area contributed by atoms with Gasteiger partial charge in [-0.05, 0) is 43.2 Å². The molecular weight excluding hydrogens is 264 g/mol. The number of methoxy groups -OCH3 is 1. The van der Waals surface area contributed by atoms with Crippen molar-refractivity contribution in [1.29, 1.82) is 5.26 Å². The first-order valence-electron chi connectivity index (χ1n) is 6.70. The van der Waals surface area contributed by atoms with E-state index in [0.717, 1.165) is 16.8 Å². The highest BCUT2D eigenvalue weighted by Crippen LogP contribution is 2.31. The Labute approximate surface area is 124 Å². The number of hydrogen-bond acceptors (Lipinski definition) is 4. The molecule has 2 N–H and O–H groups in total. The molecule has 2 rings (SSSR count). The molecule has 2 aromatic rings. The Morgan fingerprint density at radius 2 is 2.05 bits per heavy atom. The smallest absolute Gasteiger partial charge is 0.160 e. The van der Waals surface area contributed by atoms with Crippen LogP contribution in [-0.4, -0.2) is 12.2 Å². The summed E-state index contributed by atoms with van der Waals surface area (Å²) in [5.41, 5.74) is 3.36. The molecule has 0 bridgehead atoms. The zero-order chi connectivity index (χ0) is 15.4. The van der Waals surface area contributed by atoms with Gasteiger partial charge >= 0.3 is 0 Å². The van der Waals surface area contributed by atoms with Crippen molar-refractivity contribution in [3.05, 3.63) is 53.1 Å². The second kappa shape index (κ2) is 6.19. The van der Waals surface area contributed by atoms with Crippen LogP contribution in [0.5, 0.6) is 11.5 Å². The fourth-order valence-electron chi connectivity index (χ4n) is 2.22. The SMILES string of the molecule is COc1cc(C(C)Nc2cccc(C)c2C#N)ccc1O. The van der Waals surface area contributed by atoms with Crippen molar-refractivity contribution in [2.24, 2.45) is 0 Å². The zero-order valence-electron chi connectivity index (χ0n) is 12.3. The van der Waals surface area contributed by atoms with Crippen LogP contribution in [0.25, 0.3) is 0 Å². The van der Waals surface area contributed by atoms with E-state index in [9.17, 15) is 10.4 Å². The molecule has 0 aromatic heterocycles. The van der Waals surface area contributed by atoms with Crippen molar-refractivity contribution in [2.45, 2.75) is 19.9 Å². The van der Waals surface area contributed by atoms with Crippen LogP contribution in [0.2, 0.25) is 0 Å². The van der Waals surface area contributed by atoms with Crippen LogP contribution < -0.4 is 10.1 Å². The highest BCUT2D eigenvalue weighted by molar-refractivity contribution is 5.61. The number of rotatable bonds is 4. The van der Waals surface area contributed by atoms with Gasteiger partial charge in [-0.25, -0.2) is 0 Å². The van der Waals surface area contributed by atoms with Gasteiger partial charge in [-0.2, -0.15) is 5.26 Å². The van der Waals surface area contributed by atoms with E-state index in [0.29, 0.717) is 11.3 Å². The number of aryl methyl sites for hydroxylation is 1. The molecular formula is C17H18N2O2. The Balaban J connectivity index is 2.28. The number of phenolic OH excluding ortho intramolecular Hbond substituents is 1. The van der Waals surface area contributed by atoms with Gasteiger partial charge < -0.3 is 15.2 Å². The van der Waals surface area contributed by atoms with Crippen LogP contribution in [0.4, 0.5) is 5.69 Å². The molecule has 4 nitrogen and oxygen atoms in total. The predicted octanol–water partition coefficient (Wildman–Crippen LogP) is 3.75. The predicted molar refractivity (Wildman–Crippen MR) is 82.6 cm³/mol. The molecule has 0 aliphatic carbocycles. The van der Waals surface area contributed by atoms with Gasteiger partial charge in [-0.15, -0.1) is 0 Å². The summed E-state index contributed by atoms with van der Waals surface area (Å²) in [6.45, 7) is 3.91. The number of aromatic hydroxyl groups is 1. The van der Waals surface area contributed by atoms with Crippen LogP contribution >= 0.6 is 0 Å². The summed E-state index contributed by atoms with van der Waals surface area (Å²) in [6, 6.07) is 13.1. The number of benzene rings is 2. The van der Waals surface area contributed by atoms with Gasteiger partial charge in [0.1, 0.15) is 6.07 Å². The minimum absolute atomic E-state index is 0.0200. The third-order valence-corrected chi connectivity index (χ3v) is 3.46. The van der Waals surface area contributed by atoms with Crippen LogP contribution in [0.15, 0.2) is 36.4 Å². The van der Waals surface area contributed by atoms with E-state index in [1.54, 1.807) is 12.1 Å². The Kier molecular flexibility index (Phi) is 4.34. The molecule has 0 saturated carbocycles. The number of nitriles is 1. The van der Waals surface area contributed by atoms with Crippen molar-refractivity contribution >= 4 is 5.69 Å². The monoisotopic (exact) mass is 282 g/mol. The minimum Gasteiger partial charge on any atom is -0.504 e. The lowest BCUT2D eigenvalue weighted by Gasteiger charge is -2.18. The minimum atomic E-state index is -0.0200. The third kappa shape index (κ3) is 3.09. The van der Waals surface area contributed by atoms with Gasteiger partial charge in [0.15, 0.2) is 11.5 Å². The Hall–Kier alpha value is -2.67. The van der Waals surface area contributed by atoms with Crippen LogP contribution in [0, 0.1) is 18.3 Å².